The number of rotatable bonds is 6. The van der Waals surface area contributed by atoms with E-state index in [4.69, 9.17) is 0 Å². The second kappa shape index (κ2) is 9.75. The first-order chi connectivity index (χ1) is 15.2. The standard InChI is InChI=1S/C22H26N8O/c1-16-10-12-18(13-11-16)24-22(31)29-28-20-25-19(23-17-8-4-2-5-9-17)26-21(27-20)30-14-6-3-7-15-30/h2,4-5,8-13H,3,6-7,14-15H2,1H3,(H2,24,29,31)(H2,23,25,26,27,28). The van der Waals surface area contributed by atoms with Gasteiger partial charge in [-0.3, -0.25) is 5.43 Å². The maximum Gasteiger partial charge on any atom is 0.337 e. The molecule has 31 heavy (non-hydrogen) atoms. The first-order valence-electron chi connectivity index (χ1n) is 10.4. The zero-order valence-corrected chi connectivity index (χ0v) is 17.4. The van der Waals surface area contributed by atoms with Crippen molar-refractivity contribution < 1.29 is 4.79 Å². The Balaban J connectivity index is 1.47. The quantitative estimate of drug-likeness (QED) is 0.447. The Morgan fingerprint density at radius 1 is 0.839 bits per heavy atom. The van der Waals surface area contributed by atoms with Crippen molar-refractivity contribution in [1.29, 1.82) is 0 Å². The van der Waals surface area contributed by atoms with Crippen molar-refractivity contribution in [3.8, 4) is 0 Å². The van der Waals surface area contributed by atoms with Gasteiger partial charge in [0.15, 0.2) is 0 Å². The summed E-state index contributed by atoms with van der Waals surface area (Å²) in [7, 11) is 0. The third-order valence-electron chi connectivity index (χ3n) is 4.89. The maximum atomic E-state index is 12.3. The number of carbonyl (C=O) groups is 1. The van der Waals surface area contributed by atoms with E-state index in [0.29, 0.717) is 17.6 Å². The van der Waals surface area contributed by atoms with Crippen molar-refractivity contribution in [2.45, 2.75) is 26.2 Å². The van der Waals surface area contributed by atoms with Gasteiger partial charge in [-0.25, -0.2) is 10.2 Å². The number of nitrogens with one attached hydrogen (secondary N) is 4. The average Bonchev–Trinajstić information content (AvgIpc) is 2.80. The van der Waals surface area contributed by atoms with Gasteiger partial charge in [0.1, 0.15) is 0 Å². The SMILES string of the molecule is Cc1ccc(NC(=O)NNc2nc(Nc3ccccc3)nc(N3CCCCC3)n2)cc1. The van der Waals surface area contributed by atoms with E-state index in [1.165, 1.54) is 6.42 Å². The van der Waals surface area contributed by atoms with Crippen molar-refractivity contribution in [3.63, 3.8) is 0 Å². The van der Waals surface area contributed by atoms with E-state index in [-0.39, 0.29) is 5.95 Å². The van der Waals surface area contributed by atoms with Crippen molar-refractivity contribution >= 4 is 35.3 Å². The number of anilines is 5. The number of aromatic nitrogens is 3. The molecule has 0 atom stereocenters. The fourth-order valence-electron chi connectivity index (χ4n) is 3.27. The number of nitrogens with zero attached hydrogens (tertiary/aromatic N) is 4. The number of benzene rings is 2. The van der Waals surface area contributed by atoms with E-state index in [1.807, 2.05) is 61.5 Å². The van der Waals surface area contributed by atoms with Crippen LogP contribution in [0.25, 0.3) is 0 Å². The molecule has 160 valence electrons. The molecule has 0 saturated carbocycles. The Hall–Kier alpha value is -3.88. The summed E-state index contributed by atoms with van der Waals surface area (Å²) in [5.74, 6) is 1.24. The Labute approximate surface area is 181 Å². The van der Waals surface area contributed by atoms with Crippen molar-refractivity contribution in [3.05, 3.63) is 60.2 Å². The highest BCUT2D eigenvalue weighted by molar-refractivity contribution is 5.89. The van der Waals surface area contributed by atoms with Gasteiger partial charge in [-0.05, 0) is 50.5 Å². The molecule has 2 amide bonds. The molecule has 1 saturated heterocycles. The number of carbonyl (C=O) groups excluding carboxylic acids is 1. The lowest BCUT2D eigenvalue weighted by molar-refractivity contribution is 0.253. The molecule has 0 radical (unpaired) electrons. The van der Waals surface area contributed by atoms with Crippen LogP contribution in [0.2, 0.25) is 0 Å². The lowest BCUT2D eigenvalue weighted by atomic mass is 10.1. The summed E-state index contributed by atoms with van der Waals surface area (Å²) >= 11 is 0. The van der Waals surface area contributed by atoms with Crippen molar-refractivity contribution in [1.82, 2.24) is 20.4 Å². The number of hydrogen-bond acceptors (Lipinski definition) is 7. The van der Waals surface area contributed by atoms with Crippen LogP contribution in [0.15, 0.2) is 54.6 Å². The van der Waals surface area contributed by atoms with Gasteiger partial charge < -0.3 is 15.5 Å². The number of aryl methyl sites for hydroxylation is 1. The van der Waals surface area contributed by atoms with Crippen LogP contribution in [-0.4, -0.2) is 34.1 Å². The van der Waals surface area contributed by atoms with Gasteiger partial charge in [0.2, 0.25) is 17.8 Å². The fraction of sp³-hybridized carbons (Fsp3) is 0.273. The van der Waals surface area contributed by atoms with Gasteiger partial charge in [-0.15, -0.1) is 0 Å². The van der Waals surface area contributed by atoms with E-state index in [1.54, 1.807) is 0 Å². The first-order valence-corrected chi connectivity index (χ1v) is 10.4. The molecule has 1 aliphatic rings. The predicted molar refractivity (Wildman–Crippen MR) is 123 cm³/mol. The molecule has 4 N–H and O–H groups in total. The maximum absolute atomic E-state index is 12.3. The minimum Gasteiger partial charge on any atom is -0.341 e. The summed E-state index contributed by atoms with van der Waals surface area (Å²) in [6.45, 7) is 3.79. The van der Waals surface area contributed by atoms with Crippen molar-refractivity contribution in [2.24, 2.45) is 0 Å². The molecule has 0 aliphatic carbocycles. The average molecular weight is 419 g/mol. The van der Waals surface area contributed by atoms with Crippen LogP contribution in [0.5, 0.6) is 0 Å². The van der Waals surface area contributed by atoms with E-state index < -0.39 is 6.03 Å². The normalized spacial score (nSPS) is 13.4. The van der Waals surface area contributed by atoms with Crippen molar-refractivity contribution in [2.75, 3.05) is 34.0 Å². The lowest BCUT2D eigenvalue weighted by Crippen LogP contribution is -2.35. The Bertz CT molecular complexity index is 1000. The van der Waals surface area contributed by atoms with Crippen LogP contribution in [0.4, 0.5) is 34.0 Å². The van der Waals surface area contributed by atoms with Gasteiger partial charge in [0, 0.05) is 24.5 Å². The minimum atomic E-state index is -0.415. The molecule has 2 heterocycles. The molecule has 0 unspecified atom stereocenters. The Morgan fingerprint density at radius 3 is 2.29 bits per heavy atom. The Kier molecular flexibility index (Phi) is 6.41. The summed E-state index contributed by atoms with van der Waals surface area (Å²) in [4.78, 5) is 27.9. The second-order valence-electron chi connectivity index (χ2n) is 7.39. The molecule has 0 spiro atoms. The monoisotopic (exact) mass is 418 g/mol. The summed E-state index contributed by atoms with van der Waals surface area (Å²) in [5, 5.41) is 5.96. The van der Waals surface area contributed by atoms with E-state index >= 15 is 0 Å². The highest BCUT2D eigenvalue weighted by Crippen LogP contribution is 2.20. The molecule has 1 aliphatic heterocycles. The third-order valence-corrected chi connectivity index (χ3v) is 4.89. The van der Waals surface area contributed by atoms with Crippen LogP contribution >= 0.6 is 0 Å². The molecular formula is C22H26N8O. The highest BCUT2D eigenvalue weighted by Gasteiger charge is 2.17. The summed E-state index contributed by atoms with van der Waals surface area (Å²) in [6, 6.07) is 16.8. The lowest BCUT2D eigenvalue weighted by Gasteiger charge is -2.27. The van der Waals surface area contributed by atoms with Crippen LogP contribution < -0.4 is 26.4 Å². The zero-order chi connectivity index (χ0) is 21.5. The number of urea groups is 1. The van der Waals surface area contributed by atoms with Gasteiger partial charge in [0.05, 0.1) is 0 Å². The molecular weight excluding hydrogens is 392 g/mol. The predicted octanol–water partition coefficient (Wildman–Crippen LogP) is 4.06. The topological polar surface area (TPSA) is 107 Å². The van der Waals surface area contributed by atoms with Crippen LogP contribution in [0.1, 0.15) is 24.8 Å². The van der Waals surface area contributed by atoms with E-state index in [9.17, 15) is 4.79 Å². The summed E-state index contributed by atoms with van der Waals surface area (Å²) < 4.78 is 0. The molecule has 1 aromatic heterocycles. The van der Waals surface area contributed by atoms with Gasteiger partial charge in [0.25, 0.3) is 0 Å². The number of piperidine rings is 1. The minimum absolute atomic E-state index is 0.257. The summed E-state index contributed by atoms with van der Waals surface area (Å²) in [6.07, 6.45) is 3.42. The third kappa shape index (κ3) is 5.81. The highest BCUT2D eigenvalue weighted by atomic mass is 16.2. The van der Waals surface area contributed by atoms with Gasteiger partial charge in [-0.1, -0.05) is 35.9 Å². The molecule has 4 rings (SSSR count). The van der Waals surface area contributed by atoms with Crippen LogP contribution in [0.3, 0.4) is 0 Å². The van der Waals surface area contributed by atoms with E-state index in [2.05, 4.69) is 41.3 Å². The molecule has 0 bridgehead atoms. The molecule has 3 aromatic rings. The number of para-hydroxylation sites is 1. The molecule has 9 nitrogen and oxygen atoms in total. The number of hydrogen-bond donors (Lipinski definition) is 4. The first kappa shape index (κ1) is 20.4. The van der Waals surface area contributed by atoms with Crippen LogP contribution in [0, 0.1) is 6.92 Å². The molecule has 9 heteroatoms. The Morgan fingerprint density at radius 2 is 1.55 bits per heavy atom. The van der Waals surface area contributed by atoms with Gasteiger partial charge in [-0.2, -0.15) is 15.0 Å². The van der Waals surface area contributed by atoms with Crippen LogP contribution in [-0.2, 0) is 0 Å². The zero-order valence-electron chi connectivity index (χ0n) is 17.4. The largest absolute Gasteiger partial charge is 0.341 e. The molecule has 2 aromatic carbocycles. The second-order valence-corrected chi connectivity index (χ2v) is 7.39. The van der Waals surface area contributed by atoms with E-state index in [0.717, 1.165) is 37.2 Å². The number of amides is 2. The molecule has 1 fully saturated rings. The summed E-state index contributed by atoms with van der Waals surface area (Å²) in [5.41, 5.74) is 8.06. The number of hydrazine groups is 1. The fourth-order valence-corrected chi connectivity index (χ4v) is 3.27. The smallest absolute Gasteiger partial charge is 0.337 e. The van der Waals surface area contributed by atoms with Gasteiger partial charge >= 0.3 is 6.03 Å².